The van der Waals surface area contributed by atoms with Gasteiger partial charge in [-0.3, -0.25) is 14.5 Å². The van der Waals surface area contributed by atoms with Crippen LogP contribution in [0.15, 0.2) is 41.0 Å². The number of furan rings is 1. The molecule has 1 fully saturated rings. The van der Waals surface area contributed by atoms with E-state index in [2.05, 4.69) is 10.6 Å². The molecule has 2 aromatic rings. The van der Waals surface area contributed by atoms with E-state index in [9.17, 15) is 18.8 Å². The monoisotopic (exact) mass is 345 g/mol. The molecule has 4 amide bonds. The Morgan fingerprint density at radius 2 is 2.12 bits per heavy atom. The maximum Gasteiger partial charge on any atom is 0.325 e. The first-order valence-corrected chi connectivity index (χ1v) is 7.55. The highest BCUT2D eigenvalue weighted by molar-refractivity contribution is 6.10. The zero-order valence-corrected chi connectivity index (χ0v) is 13.6. The van der Waals surface area contributed by atoms with E-state index in [-0.39, 0.29) is 11.4 Å². The van der Waals surface area contributed by atoms with Gasteiger partial charge in [-0.05, 0) is 43.7 Å². The molecule has 0 saturated carbocycles. The predicted molar refractivity (Wildman–Crippen MR) is 86.1 cm³/mol. The second-order valence-corrected chi connectivity index (χ2v) is 5.94. The summed E-state index contributed by atoms with van der Waals surface area (Å²) in [5.41, 5.74) is -0.674. The molecule has 1 saturated heterocycles. The number of nitrogens with zero attached hydrogens (tertiary/aromatic N) is 1. The molecule has 1 aromatic heterocycles. The van der Waals surface area contributed by atoms with Gasteiger partial charge in [0.1, 0.15) is 18.1 Å². The molecule has 0 bridgehead atoms. The largest absolute Gasteiger partial charge is 0.466 e. The first-order valence-electron chi connectivity index (χ1n) is 7.55. The summed E-state index contributed by atoms with van der Waals surface area (Å²) in [5.74, 6) is -1.40. The van der Waals surface area contributed by atoms with E-state index < -0.39 is 35.7 Å². The fourth-order valence-electron chi connectivity index (χ4n) is 2.59. The van der Waals surface area contributed by atoms with Crippen molar-refractivity contribution in [2.45, 2.75) is 19.4 Å². The number of imide groups is 1. The molecule has 25 heavy (non-hydrogen) atoms. The summed E-state index contributed by atoms with van der Waals surface area (Å²) in [6, 6.07) is 6.69. The number of hydrogen-bond acceptors (Lipinski definition) is 4. The van der Waals surface area contributed by atoms with Gasteiger partial charge in [-0.1, -0.05) is 6.07 Å². The maximum atomic E-state index is 13.5. The number of anilines is 1. The summed E-state index contributed by atoms with van der Waals surface area (Å²) in [5, 5.41) is 4.99. The molecule has 2 N–H and O–H groups in total. The Morgan fingerprint density at radius 3 is 2.76 bits per heavy atom. The average molecular weight is 345 g/mol. The van der Waals surface area contributed by atoms with Gasteiger partial charge in [-0.25, -0.2) is 9.18 Å². The molecular weight excluding hydrogens is 329 g/mol. The van der Waals surface area contributed by atoms with Gasteiger partial charge in [0.05, 0.1) is 6.26 Å². The molecule has 1 aliphatic heterocycles. The fraction of sp³-hybridized carbons (Fsp3) is 0.235. The molecule has 8 heteroatoms. The predicted octanol–water partition coefficient (Wildman–Crippen LogP) is 2.13. The van der Waals surface area contributed by atoms with Crippen LogP contribution in [0.5, 0.6) is 0 Å². The molecule has 0 radical (unpaired) electrons. The molecule has 3 rings (SSSR count). The van der Waals surface area contributed by atoms with Crippen molar-refractivity contribution in [3.63, 3.8) is 0 Å². The summed E-state index contributed by atoms with van der Waals surface area (Å²) < 4.78 is 18.7. The lowest BCUT2D eigenvalue weighted by molar-refractivity contribution is -0.134. The standard InChI is InChI=1S/C17H16FN3O4/c1-10-5-6-11(8-12(10)18)19-14(22)9-21-15(23)17(2,20-16(21)24)13-4-3-7-25-13/h3-8H,9H2,1-2H3,(H,19,22)(H,20,24). The Morgan fingerprint density at radius 1 is 1.36 bits per heavy atom. The lowest BCUT2D eigenvalue weighted by Gasteiger charge is -2.18. The number of amides is 4. The number of urea groups is 1. The molecule has 1 atom stereocenters. The average Bonchev–Trinajstić information content (AvgIpc) is 3.16. The number of hydrogen-bond donors (Lipinski definition) is 2. The zero-order valence-electron chi connectivity index (χ0n) is 13.6. The van der Waals surface area contributed by atoms with Crippen molar-refractivity contribution in [2.75, 3.05) is 11.9 Å². The molecule has 1 aliphatic rings. The summed E-state index contributed by atoms with van der Waals surface area (Å²) in [4.78, 5) is 37.6. The van der Waals surface area contributed by atoms with Gasteiger partial charge < -0.3 is 15.1 Å². The van der Waals surface area contributed by atoms with Crippen LogP contribution in [0.3, 0.4) is 0 Å². The number of carbonyl (C=O) groups excluding carboxylic acids is 3. The number of halogens is 1. The minimum Gasteiger partial charge on any atom is -0.466 e. The quantitative estimate of drug-likeness (QED) is 0.831. The van der Waals surface area contributed by atoms with E-state index >= 15 is 0 Å². The highest BCUT2D eigenvalue weighted by atomic mass is 19.1. The van der Waals surface area contributed by atoms with Gasteiger partial charge in [-0.15, -0.1) is 0 Å². The molecule has 7 nitrogen and oxygen atoms in total. The van der Waals surface area contributed by atoms with Crippen molar-refractivity contribution >= 4 is 23.5 Å². The zero-order chi connectivity index (χ0) is 18.2. The second kappa shape index (κ2) is 6.04. The van der Waals surface area contributed by atoms with E-state index in [1.165, 1.54) is 31.4 Å². The molecular formula is C17H16FN3O4. The van der Waals surface area contributed by atoms with Crippen molar-refractivity contribution in [1.29, 1.82) is 0 Å². The van der Waals surface area contributed by atoms with Crippen molar-refractivity contribution in [1.82, 2.24) is 10.2 Å². The molecule has 130 valence electrons. The van der Waals surface area contributed by atoms with Gasteiger partial charge in [-0.2, -0.15) is 0 Å². The topological polar surface area (TPSA) is 91.7 Å². The summed E-state index contributed by atoms with van der Waals surface area (Å²) in [6.45, 7) is 2.61. The Bertz CT molecular complexity index is 850. The van der Waals surface area contributed by atoms with Crippen LogP contribution in [0.1, 0.15) is 18.2 Å². The van der Waals surface area contributed by atoms with Crippen LogP contribution >= 0.6 is 0 Å². The van der Waals surface area contributed by atoms with E-state index in [4.69, 9.17) is 4.42 Å². The number of rotatable bonds is 4. The third-order valence-electron chi connectivity index (χ3n) is 4.05. The molecule has 0 spiro atoms. The van der Waals surface area contributed by atoms with Crippen LogP contribution in [0.2, 0.25) is 0 Å². The number of carbonyl (C=O) groups is 3. The maximum absolute atomic E-state index is 13.5. The van der Waals surface area contributed by atoms with E-state index in [1.807, 2.05) is 0 Å². The van der Waals surface area contributed by atoms with Crippen molar-refractivity contribution < 1.29 is 23.2 Å². The van der Waals surface area contributed by atoms with E-state index in [0.717, 1.165) is 4.90 Å². The lowest BCUT2D eigenvalue weighted by atomic mass is 9.99. The van der Waals surface area contributed by atoms with Gasteiger partial charge in [0.25, 0.3) is 5.91 Å². The Hall–Kier alpha value is -3.16. The summed E-state index contributed by atoms with van der Waals surface area (Å²) >= 11 is 0. The lowest BCUT2D eigenvalue weighted by Crippen LogP contribution is -2.41. The second-order valence-electron chi connectivity index (χ2n) is 5.94. The van der Waals surface area contributed by atoms with Crippen molar-refractivity contribution in [3.05, 3.63) is 53.7 Å². The summed E-state index contributed by atoms with van der Waals surface area (Å²) in [6.07, 6.45) is 1.39. The highest BCUT2D eigenvalue weighted by Gasteiger charge is 2.51. The van der Waals surface area contributed by atoms with Gasteiger partial charge >= 0.3 is 6.03 Å². The molecule has 1 unspecified atom stereocenters. The minimum absolute atomic E-state index is 0.244. The molecule has 2 heterocycles. The number of benzene rings is 1. The Balaban J connectivity index is 1.72. The third-order valence-corrected chi connectivity index (χ3v) is 4.05. The van der Waals surface area contributed by atoms with Crippen LogP contribution in [0, 0.1) is 12.7 Å². The van der Waals surface area contributed by atoms with Gasteiger partial charge in [0.15, 0.2) is 5.54 Å². The van der Waals surface area contributed by atoms with E-state index in [0.29, 0.717) is 5.56 Å². The minimum atomic E-state index is -1.36. The number of nitrogens with one attached hydrogen (secondary N) is 2. The van der Waals surface area contributed by atoms with Crippen LogP contribution in [-0.4, -0.2) is 29.3 Å². The SMILES string of the molecule is Cc1ccc(NC(=O)CN2C(=O)NC(C)(c3ccco3)C2=O)cc1F. The highest BCUT2D eigenvalue weighted by Crippen LogP contribution is 2.29. The summed E-state index contributed by atoms with van der Waals surface area (Å²) in [7, 11) is 0. The van der Waals surface area contributed by atoms with E-state index in [1.54, 1.807) is 19.1 Å². The Kier molecular flexibility index (Phi) is 4.03. The smallest absolute Gasteiger partial charge is 0.325 e. The first-order chi connectivity index (χ1) is 11.8. The van der Waals surface area contributed by atoms with Crippen LogP contribution in [-0.2, 0) is 15.1 Å². The molecule has 0 aliphatic carbocycles. The Labute approximate surface area is 142 Å². The fourth-order valence-corrected chi connectivity index (χ4v) is 2.59. The van der Waals surface area contributed by atoms with Crippen molar-refractivity contribution in [3.8, 4) is 0 Å². The first kappa shape index (κ1) is 16.7. The van der Waals surface area contributed by atoms with Crippen molar-refractivity contribution in [2.24, 2.45) is 0 Å². The van der Waals surface area contributed by atoms with Crippen LogP contribution in [0.25, 0.3) is 0 Å². The number of aryl methyl sites for hydroxylation is 1. The van der Waals surface area contributed by atoms with Crippen LogP contribution in [0.4, 0.5) is 14.9 Å². The third kappa shape index (κ3) is 2.98. The van der Waals surface area contributed by atoms with Gasteiger partial charge in [0, 0.05) is 5.69 Å². The molecule has 1 aromatic carbocycles. The van der Waals surface area contributed by atoms with Gasteiger partial charge in [0.2, 0.25) is 5.91 Å². The normalized spacial score (nSPS) is 19.9. The van der Waals surface area contributed by atoms with Crippen LogP contribution < -0.4 is 10.6 Å².